The first-order chi connectivity index (χ1) is 11.0. The van der Waals surface area contributed by atoms with Crippen LogP contribution >= 0.6 is 0 Å². The predicted octanol–water partition coefficient (Wildman–Crippen LogP) is 2.24. The van der Waals surface area contributed by atoms with Gasteiger partial charge in [-0.25, -0.2) is 0 Å². The molecule has 0 aliphatic carbocycles. The molecule has 0 heterocycles. The molecule has 2 aromatic carbocycles. The number of hydrogen-bond acceptors (Lipinski definition) is 5. The van der Waals surface area contributed by atoms with E-state index in [1.54, 1.807) is 12.1 Å². The monoisotopic (exact) mass is 335 g/mol. The standard InChI is InChI=1S/C17H21NO4S/c1-14-7-9-17(10-8-14)23(19,20)22-16(11-18)13-21-12-15-5-3-2-4-6-15/h2-10,16H,11-13,18H2,1H3/t16-/m1/s1. The Morgan fingerprint density at radius 2 is 1.70 bits per heavy atom. The Hall–Kier alpha value is -1.73. The van der Waals surface area contributed by atoms with Crippen LogP contribution in [0.25, 0.3) is 0 Å². The minimum atomic E-state index is -3.84. The Bertz CT molecular complexity index is 699. The van der Waals surface area contributed by atoms with Crippen LogP contribution in [-0.4, -0.2) is 27.7 Å². The topological polar surface area (TPSA) is 78.6 Å². The molecule has 0 saturated carbocycles. The highest BCUT2D eigenvalue weighted by molar-refractivity contribution is 7.86. The normalized spacial score (nSPS) is 13.0. The van der Waals surface area contributed by atoms with Crippen LogP contribution in [0, 0.1) is 6.92 Å². The first-order valence-electron chi connectivity index (χ1n) is 7.33. The first kappa shape index (κ1) is 17.6. The number of hydrogen-bond donors (Lipinski definition) is 1. The van der Waals surface area contributed by atoms with Crippen molar-refractivity contribution in [1.82, 2.24) is 0 Å². The Morgan fingerprint density at radius 3 is 2.30 bits per heavy atom. The lowest BCUT2D eigenvalue weighted by atomic mass is 10.2. The number of benzene rings is 2. The summed E-state index contributed by atoms with van der Waals surface area (Å²) in [5, 5.41) is 0. The molecule has 0 amide bonds. The lowest BCUT2D eigenvalue weighted by Crippen LogP contribution is -2.31. The molecular weight excluding hydrogens is 314 g/mol. The Morgan fingerprint density at radius 1 is 1.04 bits per heavy atom. The van der Waals surface area contributed by atoms with Crippen LogP contribution in [0.3, 0.4) is 0 Å². The van der Waals surface area contributed by atoms with Crippen LogP contribution in [0.2, 0.25) is 0 Å². The van der Waals surface area contributed by atoms with Gasteiger partial charge in [0.1, 0.15) is 6.10 Å². The Labute approximate surface area is 137 Å². The van der Waals surface area contributed by atoms with Crippen LogP contribution in [0.4, 0.5) is 0 Å². The molecule has 23 heavy (non-hydrogen) atoms. The third-order valence-corrected chi connectivity index (χ3v) is 4.63. The van der Waals surface area contributed by atoms with E-state index in [0.29, 0.717) is 6.61 Å². The van der Waals surface area contributed by atoms with E-state index in [1.807, 2.05) is 37.3 Å². The van der Waals surface area contributed by atoms with Gasteiger partial charge < -0.3 is 10.5 Å². The summed E-state index contributed by atoms with van der Waals surface area (Å²) in [6.45, 7) is 2.43. The van der Waals surface area contributed by atoms with E-state index >= 15 is 0 Å². The van der Waals surface area contributed by atoms with Crippen LogP contribution in [0.5, 0.6) is 0 Å². The zero-order chi connectivity index (χ0) is 16.7. The second kappa shape index (κ2) is 8.21. The average Bonchev–Trinajstić information content (AvgIpc) is 2.55. The molecule has 2 N–H and O–H groups in total. The van der Waals surface area contributed by atoms with Crippen LogP contribution < -0.4 is 5.73 Å². The third-order valence-electron chi connectivity index (χ3n) is 3.25. The first-order valence-corrected chi connectivity index (χ1v) is 8.74. The van der Waals surface area contributed by atoms with Crippen molar-refractivity contribution in [2.45, 2.75) is 24.5 Å². The molecule has 2 rings (SSSR count). The molecule has 6 heteroatoms. The Kier molecular flexibility index (Phi) is 6.29. The number of ether oxygens (including phenoxy) is 1. The number of nitrogens with two attached hydrogens (primary N) is 1. The van der Waals surface area contributed by atoms with Crippen molar-refractivity contribution in [3.8, 4) is 0 Å². The van der Waals surface area contributed by atoms with E-state index in [4.69, 9.17) is 14.7 Å². The molecule has 0 unspecified atom stereocenters. The van der Waals surface area contributed by atoms with Crippen molar-refractivity contribution in [3.63, 3.8) is 0 Å². The van der Waals surface area contributed by atoms with E-state index in [-0.39, 0.29) is 18.0 Å². The van der Waals surface area contributed by atoms with Crippen molar-refractivity contribution >= 4 is 10.1 Å². The van der Waals surface area contributed by atoms with Crippen molar-refractivity contribution in [2.75, 3.05) is 13.2 Å². The van der Waals surface area contributed by atoms with Gasteiger partial charge in [-0.15, -0.1) is 0 Å². The Balaban J connectivity index is 1.91. The third kappa shape index (κ3) is 5.44. The van der Waals surface area contributed by atoms with Gasteiger partial charge >= 0.3 is 0 Å². The fraction of sp³-hybridized carbons (Fsp3) is 0.294. The summed E-state index contributed by atoms with van der Waals surface area (Å²) in [6.07, 6.45) is -0.718. The molecule has 0 aliphatic heterocycles. The van der Waals surface area contributed by atoms with Gasteiger partial charge in [-0.3, -0.25) is 4.18 Å². The zero-order valence-corrected chi connectivity index (χ0v) is 13.8. The van der Waals surface area contributed by atoms with Crippen molar-refractivity contribution < 1.29 is 17.3 Å². The molecule has 0 saturated heterocycles. The lowest BCUT2D eigenvalue weighted by molar-refractivity contribution is 0.0479. The molecule has 0 fully saturated rings. The molecule has 124 valence electrons. The highest BCUT2D eigenvalue weighted by Crippen LogP contribution is 2.15. The van der Waals surface area contributed by atoms with Gasteiger partial charge in [0.2, 0.25) is 0 Å². The number of rotatable bonds is 8. The van der Waals surface area contributed by atoms with Crippen LogP contribution in [0.15, 0.2) is 59.5 Å². The van der Waals surface area contributed by atoms with Crippen molar-refractivity contribution in [1.29, 1.82) is 0 Å². The van der Waals surface area contributed by atoms with Gasteiger partial charge in [0.05, 0.1) is 18.1 Å². The minimum absolute atomic E-state index is 0.0554. The summed E-state index contributed by atoms with van der Waals surface area (Å²) in [7, 11) is -3.84. The summed E-state index contributed by atoms with van der Waals surface area (Å²) in [6, 6.07) is 16.1. The van der Waals surface area contributed by atoms with Crippen molar-refractivity contribution in [2.24, 2.45) is 5.73 Å². The molecule has 0 aromatic heterocycles. The van der Waals surface area contributed by atoms with Crippen molar-refractivity contribution in [3.05, 3.63) is 65.7 Å². The summed E-state index contributed by atoms with van der Waals surface area (Å²) in [5.41, 5.74) is 7.57. The van der Waals surface area contributed by atoms with Gasteiger partial charge in [-0.1, -0.05) is 48.0 Å². The highest BCUT2D eigenvalue weighted by Gasteiger charge is 2.21. The summed E-state index contributed by atoms with van der Waals surface area (Å²) in [5.74, 6) is 0. The molecule has 2 aromatic rings. The smallest absolute Gasteiger partial charge is 0.297 e. The van der Waals surface area contributed by atoms with Crippen LogP contribution in [-0.2, 0) is 25.6 Å². The summed E-state index contributed by atoms with van der Waals surface area (Å²) in [4.78, 5) is 0.115. The van der Waals surface area contributed by atoms with E-state index in [1.165, 1.54) is 12.1 Å². The number of aryl methyl sites for hydroxylation is 1. The molecule has 0 spiro atoms. The molecule has 0 aliphatic rings. The summed E-state index contributed by atoms with van der Waals surface area (Å²) >= 11 is 0. The fourth-order valence-electron chi connectivity index (χ4n) is 1.96. The summed E-state index contributed by atoms with van der Waals surface area (Å²) < 4.78 is 35.1. The maximum atomic E-state index is 12.2. The second-order valence-corrected chi connectivity index (χ2v) is 6.79. The van der Waals surface area contributed by atoms with E-state index in [0.717, 1.165) is 11.1 Å². The van der Waals surface area contributed by atoms with Gasteiger partial charge in [-0.2, -0.15) is 8.42 Å². The lowest BCUT2D eigenvalue weighted by Gasteiger charge is -2.16. The fourth-order valence-corrected chi connectivity index (χ4v) is 3.03. The average molecular weight is 335 g/mol. The largest absolute Gasteiger partial charge is 0.374 e. The van der Waals surface area contributed by atoms with Gasteiger partial charge in [-0.05, 0) is 24.6 Å². The van der Waals surface area contributed by atoms with Gasteiger partial charge in [0, 0.05) is 6.54 Å². The predicted molar refractivity (Wildman–Crippen MR) is 88.4 cm³/mol. The van der Waals surface area contributed by atoms with E-state index < -0.39 is 16.2 Å². The molecule has 5 nitrogen and oxygen atoms in total. The zero-order valence-electron chi connectivity index (χ0n) is 13.0. The SMILES string of the molecule is Cc1ccc(S(=O)(=O)O[C@H](CN)COCc2ccccc2)cc1. The van der Waals surface area contributed by atoms with Gasteiger partial charge in [0.25, 0.3) is 10.1 Å². The maximum Gasteiger partial charge on any atom is 0.297 e. The van der Waals surface area contributed by atoms with Crippen LogP contribution in [0.1, 0.15) is 11.1 Å². The molecule has 0 radical (unpaired) electrons. The quantitative estimate of drug-likeness (QED) is 0.749. The van der Waals surface area contributed by atoms with Gasteiger partial charge in [0.15, 0.2) is 0 Å². The second-order valence-electron chi connectivity index (χ2n) is 5.22. The maximum absolute atomic E-state index is 12.2. The molecular formula is C17H21NO4S. The minimum Gasteiger partial charge on any atom is -0.374 e. The van der Waals surface area contributed by atoms with E-state index in [2.05, 4.69) is 0 Å². The highest BCUT2D eigenvalue weighted by atomic mass is 32.2. The van der Waals surface area contributed by atoms with E-state index in [9.17, 15) is 8.42 Å². The molecule has 0 bridgehead atoms. The molecule has 1 atom stereocenters.